The maximum absolute atomic E-state index is 11.8. The largest absolute Gasteiger partial charge is 0.487 e. The highest BCUT2D eigenvalue weighted by Gasteiger charge is 2.06. The summed E-state index contributed by atoms with van der Waals surface area (Å²) in [6.45, 7) is -0.629. The van der Waals surface area contributed by atoms with E-state index in [1.807, 2.05) is 22.6 Å². The Hall–Kier alpha value is -0.720. The standard InChI is InChI=1S/C9H7F2IO2/c10-9(11)5-14-8-2-1-6(4-13)3-7(8)12/h1-4,9H,5H2. The fourth-order valence-electron chi connectivity index (χ4n) is 0.860. The summed E-state index contributed by atoms with van der Waals surface area (Å²) in [6.07, 6.45) is -1.80. The van der Waals surface area contributed by atoms with Crippen LogP contribution in [-0.2, 0) is 0 Å². The first-order valence-corrected chi connectivity index (χ1v) is 4.87. The molecule has 0 aliphatic heterocycles. The first-order chi connectivity index (χ1) is 6.63. The highest BCUT2D eigenvalue weighted by molar-refractivity contribution is 14.1. The fraction of sp³-hybridized carbons (Fsp3) is 0.222. The van der Waals surface area contributed by atoms with Crippen molar-refractivity contribution in [3.63, 3.8) is 0 Å². The van der Waals surface area contributed by atoms with Crippen LogP contribution in [0.2, 0.25) is 0 Å². The van der Waals surface area contributed by atoms with E-state index in [9.17, 15) is 13.6 Å². The van der Waals surface area contributed by atoms with E-state index >= 15 is 0 Å². The number of ether oxygens (including phenoxy) is 1. The third-order valence-corrected chi connectivity index (χ3v) is 2.30. The molecule has 0 spiro atoms. The Bertz CT molecular complexity index is 329. The van der Waals surface area contributed by atoms with Crippen LogP contribution in [0.4, 0.5) is 8.78 Å². The van der Waals surface area contributed by atoms with E-state index in [4.69, 9.17) is 4.74 Å². The molecule has 0 fully saturated rings. The van der Waals surface area contributed by atoms with Gasteiger partial charge in [-0.25, -0.2) is 8.78 Å². The van der Waals surface area contributed by atoms with Gasteiger partial charge in [0, 0.05) is 5.56 Å². The van der Waals surface area contributed by atoms with E-state index in [1.165, 1.54) is 12.1 Å². The number of hydrogen-bond donors (Lipinski definition) is 0. The zero-order chi connectivity index (χ0) is 10.6. The molecule has 0 aliphatic carbocycles. The number of aldehydes is 1. The molecule has 0 aliphatic rings. The molecule has 0 N–H and O–H groups in total. The van der Waals surface area contributed by atoms with E-state index in [0.29, 0.717) is 21.2 Å². The molecule has 14 heavy (non-hydrogen) atoms. The molecular weight excluding hydrogens is 305 g/mol. The van der Waals surface area contributed by atoms with Crippen molar-refractivity contribution in [1.29, 1.82) is 0 Å². The molecule has 2 nitrogen and oxygen atoms in total. The zero-order valence-corrected chi connectivity index (χ0v) is 9.20. The molecule has 5 heteroatoms. The molecule has 1 aromatic rings. The molecule has 1 aromatic carbocycles. The van der Waals surface area contributed by atoms with Crippen LogP contribution in [0.1, 0.15) is 10.4 Å². The number of alkyl halides is 2. The van der Waals surface area contributed by atoms with Gasteiger partial charge in [0.05, 0.1) is 3.57 Å². The quantitative estimate of drug-likeness (QED) is 0.631. The van der Waals surface area contributed by atoms with Crippen LogP contribution in [-0.4, -0.2) is 19.3 Å². The summed E-state index contributed by atoms with van der Waals surface area (Å²) in [6, 6.07) is 4.61. The van der Waals surface area contributed by atoms with Gasteiger partial charge in [-0.1, -0.05) is 0 Å². The van der Waals surface area contributed by atoms with Crippen molar-refractivity contribution in [2.75, 3.05) is 6.61 Å². The van der Waals surface area contributed by atoms with Crippen molar-refractivity contribution in [3.8, 4) is 5.75 Å². The Labute approximate surface area is 93.4 Å². The number of rotatable bonds is 4. The Morgan fingerprint density at radius 2 is 2.21 bits per heavy atom. The third-order valence-electron chi connectivity index (χ3n) is 1.46. The van der Waals surface area contributed by atoms with E-state index in [2.05, 4.69) is 0 Å². The first kappa shape index (κ1) is 11.4. The van der Waals surface area contributed by atoms with E-state index in [0.717, 1.165) is 0 Å². The summed E-state index contributed by atoms with van der Waals surface area (Å²) in [5, 5.41) is 0. The van der Waals surface area contributed by atoms with Crippen LogP contribution in [0.15, 0.2) is 18.2 Å². The molecule has 0 atom stereocenters. The molecular formula is C9H7F2IO2. The van der Waals surface area contributed by atoms with Gasteiger partial charge in [0.15, 0.2) is 0 Å². The minimum absolute atomic E-state index is 0.372. The molecule has 0 saturated carbocycles. The van der Waals surface area contributed by atoms with Crippen LogP contribution < -0.4 is 4.74 Å². The van der Waals surface area contributed by atoms with E-state index in [-0.39, 0.29) is 0 Å². The number of hydrogen-bond acceptors (Lipinski definition) is 2. The molecule has 0 heterocycles. The fourth-order valence-corrected chi connectivity index (χ4v) is 1.56. The van der Waals surface area contributed by atoms with Crippen LogP contribution in [0, 0.1) is 3.57 Å². The highest BCUT2D eigenvalue weighted by Crippen LogP contribution is 2.21. The van der Waals surface area contributed by atoms with Gasteiger partial charge < -0.3 is 4.74 Å². The van der Waals surface area contributed by atoms with Gasteiger partial charge in [-0.15, -0.1) is 0 Å². The SMILES string of the molecule is O=Cc1ccc(OCC(F)F)c(I)c1. The lowest BCUT2D eigenvalue weighted by atomic mass is 10.2. The normalized spacial score (nSPS) is 10.3. The van der Waals surface area contributed by atoms with Crippen molar-refractivity contribution >= 4 is 28.9 Å². The third kappa shape index (κ3) is 3.21. The lowest BCUT2D eigenvalue weighted by molar-refractivity contribution is 0.0814. The number of carbonyl (C=O) groups excluding carboxylic acids is 1. The molecule has 76 valence electrons. The Morgan fingerprint density at radius 3 is 2.71 bits per heavy atom. The predicted molar refractivity (Wildman–Crippen MR) is 56.0 cm³/mol. The number of halogens is 3. The van der Waals surface area contributed by atoms with Crippen molar-refractivity contribution < 1.29 is 18.3 Å². The second-order valence-corrected chi connectivity index (χ2v) is 3.67. The van der Waals surface area contributed by atoms with Crippen LogP contribution >= 0.6 is 22.6 Å². The molecule has 1 rings (SSSR count). The zero-order valence-electron chi connectivity index (χ0n) is 7.04. The van der Waals surface area contributed by atoms with Gasteiger partial charge >= 0.3 is 0 Å². The molecule has 0 amide bonds. The lowest BCUT2D eigenvalue weighted by Crippen LogP contribution is -2.07. The highest BCUT2D eigenvalue weighted by atomic mass is 127. The van der Waals surface area contributed by atoms with Gasteiger partial charge in [0.25, 0.3) is 6.43 Å². The molecule has 0 saturated heterocycles. The van der Waals surface area contributed by atoms with Gasteiger partial charge in [-0.05, 0) is 40.8 Å². The average molecular weight is 312 g/mol. The van der Waals surface area contributed by atoms with E-state index < -0.39 is 13.0 Å². The minimum Gasteiger partial charge on any atom is -0.487 e. The topological polar surface area (TPSA) is 26.3 Å². The summed E-state index contributed by atoms with van der Waals surface area (Å²) in [7, 11) is 0. The summed E-state index contributed by atoms with van der Waals surface area (Å²) < 4.78 is 29.1. The summed E-state index contributed by atoms with van der Waals surface area (Å²) in [5.41, 5.74) is 0.499. The Kier molecular flexibility index (Phi) is 4.24. The smallest absolute Gasteiger partial charge is 0.272 e. The van der Waals surface area contributed by atoms with Crippen LogP contribution in [0.5, 0.6) is 5.75 Å². The Morgan fingerprint density at radius 1 is 1.50 bits per heavy atom. The molecule has 0 radical (unpaired) electrons. The average Bonchev–Trinajstić information content (AvgIpc) is 2.15. The van der Waals surface area contributed by atoms with Crippen molar-refractivity contribution in [2.45, 2.75) is 6.43 Å². The van der Waals surface area contributed by atoms with Crippen molar-refractivity contribution in [1.82, 2.24) is 0 Å². The summed E-state index contributed by atoms with van der Waals surface area (Å²) in [5.74, 6) is 0.372. The van der Waals surface area contributed by atoms with Crippen molar-refractivity contribution in [2.24, 2.45) is 0 Å². The number of benzene rings is 1. The maximum atomic E-state index is 11.8. The second kappa shape index (κ2) is 5.23. The second-order valence-electron chi connectivity index (χ2n) is 2.51. The Balaban J connectivity index is 2.73. The molecule has 0 bridgehead atoms. The summed E-state index contributed by atoms with van der Waals surface area (Å²) in [4.78, 5) is 10.4. The molecule has 0 aromatic heterocycles. The van der Waals surface area contributed by atoms with Crippen LogP contribution in [0.25, 0.3) is 0 Å². The first-order valence-electron chi connectivity index (χ1n) is 3.79. The maximum Gasteiger partial charge on any atom is 0.272 e. The monoisotopic (exact) mass is 312 g/mol. The molecule has 0 unspecified atom stereocenters. The van der Waals surface area contributed by atoms with Crippen molar-refractivity contribution in [3.05, 3.63) is 27.3 Å². The predicted octanol–water partition coefficient (Wildman–Crippen LogP) is 2.75. The van der Waals surface area contributed by atoms with E-state index in [1.54, 1.807) is 6.07 Å². The summed E-state index contributed by atoms with van der Waals surface area (Å²) >= 11 is 1.93. The van der Waals surface area contributed by atoms with Gasteiger partial charge in [0.1, 0.15) is 18.6 Å². The lowest BCUT2D eigenvalue weighted by Gasteiger charge is -2.07. The van der Waals surface area contributed by atoms with Crippen LogP contribution in [0.3, 0.4) is 0 Å². The van der Waals surface area contributed by atoms with Gasteiger partial charge in [0.2, 0.25) is 0 Å². The van der Waals surface area contributed by atoms with Gasteiger partial charge in [-0.2, -0.15) is 0 Å². The van der Waals surface area contributed by atoms with Gasteiger partial charge in [-0.3, -0.25) is 4.79 Å². The number of carbonyl (C=O) groups is 1. The minimum atomic E-state index is -2.49.